The lowest BCUT2D eigenvalue weighted by atomic mass is 9.78. The van der Waals surface area contributed by atoms with Crippen LogP contribution in [-0.4, -0.2) is 18.6 Å². The van der Waals surface area contributed by atoms with Crippen LogP contribution in [-0.2, 0) is 6.54 Å². The van der Waals surface area contributed by atoms with E-state index in [4.69, 9.17) is 0 Å². The predicted molar refractivity (Wildman–Crippen MR) is 83.9 cm³/mol. The molecule has 0 saturated carbocycles. The van der Waals surface area contributed by atoms with E-state index in [0.29, 0.717) is 18.5 Å². The summed E-state index contributed by atoms with van der Waals surface area (Å²) in [6.45, 7) is 11.7. The molecule has 0 aromatic heterocycles. The summed E-state index contributed by atoms with van der Waals surface area (Å²) in [6, 6.07) is 4.15. The van der Waals surface area contributed by atoms with Crippen molar-refractivity contribution in [1.29, 1.82) is 0 Å². The number of halogens is 1. The van der Waals surface area contributed by atoms with Gasteiger partial charge in [0.1, 0.15) is 5.82 Å². The number of nitrogens with zero attached hydrogens (tertiary/aromatic N) is 1. The predicted octanol–water partition coefficient (Wildman–Crippen LogP) is 4.05. The molecule has 1 aromatic rings. The molecule has 0 bridgehead atoms. The zero-order valence-electron chi connectivity index (χ0n) is 13.5. The minimum absolute atomic E-state index is 0.0670. The van der Waals surface area contributed by atoms with Crippen molar-refractivity contribution in [3.05, 3.63) is 29.1 Å². The fourth-order valence-corrected chi connectivity index (χ4v) is 3.82. The monoisotopic (exact) mass is 278 g/mol. The number of anilines is 1. The third-order valence-corrected chi connectivity index (χ3v) is 4.33. The van der Waals surface area contributed by atoms with Gasteiger partial charge in [-0.05, 0) is 64.8 Å². The minimum atomic E-state index is -0.103. The van der Waals surface area contributed by atoms with Crippen molar-refractivity contribution in [3.8, 4) is 0 Å². The number of benzene rings is 1. The number of rotatable bonds is 3. The lowest BCUT2D eigenvalue weighted by molar-refractivity contribution is 0.355. The number of nitrogens with one attached hydrogen (secondary N) is 1. The van der Waals surface area contributed by atoms with E-state index >= 15 is 0 Å². The second-order valence-electron chi connectivity index (χ2n) is 6.91. The molecule has 0 fully saturated rings. The van der Waals surface area contributed by atoms with Crippen LogP contribution < -0.4 is 10.2 Å². The van der Waals surface area contributed by atoms with E-state index in [0.717, 1.165) is 17.7 Å². The van der Waals surface area contributed by atoms with Gasteiger partial charge in [0.2, 0.25) is 0 Å². The van der Waals surface area contributed by atoms with Crippen LogP contribution in [0.1, 0.15) is 58.1 Å². The summed E-state index contributed by atoms with van der Waals surface area (Å²) >= 11 is 0. The Balaban J connectivity index is 2.57. The van der Waals surface area contributed by atoms with Gasteiger partial charge >= 0.3 is 0 Å². The first kappa shape index (κ1) is 15.3. The average Bonchev–Trinajstić information content (AvgIpc) is 2.29. The first-order valence-electron chi connectivity index (χ1n) is 7.54. The largest absolute Gasteiger partial charge is 0.364 e. The Labute approximate surface area is 122 Å². The smallest absolute Gasteiger partial charge is 0.129 e. The van der Waals surface area contributed by atoms with Gasteiger partial charge in [-0.15, -0.1) is 0 Å². The van der Waals surface area contributed by atoms with Gasteiger partial charge in [0.05, 0.1) is 0 Å². The van der Waals surface area contributed by atoms with E-state index in [1.54, 1.807) is 6.07 Å². The van der Waals surface area contributed by atoms with Gasteiger partial charge in [-0.3, -0.25) is 0 Å². The molecule has 1 aliphatic rings. The van der Waals surface area contributed by atoms with Crippen LogP contribution in [0.5, 0.6) is 0 Å². The molecule has 1 N–H and O–H groups in total. The summed E-state index contributed by atoms with van der Waals surface area (Å²) < 4.78 is 14.3. The van der Waals surface area contributed by atoms with Crippen LogP contribution >= 0.6 is 0 Å². The molecule has 0 spiro atoms. The first-order valence-corrected chi connectivity index (χ1v) is 7.54. The summed E-state index contributed by atoms with van der Waals surface area (Å²) in [7, 11) is 1.85. The molecule has 1 atom stereocenters. The van der Waals surface area contributed by atoms with Crippen LogP contribution in [0.15, 0.2) is 12.1 Å². The number of hydrogen-bond donors (Lipinski definition) is 1. The van der Waals surface area contributed by atoms with E-state index in [-0.39, 0.29) is 11.4 Å². The number of hydrogen-bond acceptors (Lipinski definition) is 2. The van der Waals surface area contributed by atoms with Crippen LogP contribution in [0.25, 0.3) is 0 Å². The van der Waals surface area contributed by atoms with E-state index in [1.165, 1.54) is 5.56 Å². The molecule has 0 saturated heterocycles. The summed E-state index contributed by atoms with van der Waals surface area (Å²) in [4.78, 5) is 2.37. The zero-order chi connectivity index (χ0) is 15.1. The van der Waals surface area contributed by atoms with Crippen LogP contribution in [0.4, 0.5) is 10.1 Å². The van der Waals surface area contributed by atoms with Crippen LogP contribution in [0.2, 0.25) is 0 Å². The fraction of sp³-hybridized carbons (Fsp3) is 0.647. The third-order valence-electron chi connectivity index (χ3n) is 4.33. The molecule has 112 valence electrons. The maximum Gasteiger partial charge on any atom is 0.129 e. The van der Waals surface area contributed by atoms with Crippen molar-refractivity contribution in [3.63, 3.8) is 0 Å². The zero-order valence-corrected chi connectivity index (χ0v) is 13.5. The highest BCUT2D eigenvalue weighted by Gasteiger charge is 2.38. The van der Waals surface area contributed by atoms with E-state index in [1.807, 2.05) is 7.05 Å². The normalized spacial score (nSPS) is 21.2. The molecule has 2 rings (SSSR count). The molecule has 1 unspecified atom stereocenters. The molecule has 3 heteroatoms. The fourth-order valence-electron chi connectivity index (χ4n) is 3.82. The van der Waals surface area contributed by atoms with Crippen molar-refractivity contribution in [2.45, 2.75) is 65.1 Å². The van der Waals surface area contributed by atoms with Crippen molar-refractivity contribution >= 4 is 5.69 Å². The van der Waals surface area contributed by atoms with Gasteiger partial charge < -0.3 is 10.2 Å². The summed E-state index contributed by atoms with van der Waals surface area (Å²) in [5.41, 5.74) is 3.18. The third kappa shape index (κ3) is 2.56. The Bertz CT molecular complexity index is 494. The summed E-state index contributed by atoms with van der Waals surface area (Å²) in [6.07, 6.45) is 1.10. The van der Waals surface area contributed by atoms with E-state index in [2.05, 4.69) is 50.9 Å². The Morgan fingerprint density at radius 2 is 2.05 bits per heavy atom. The molecular weight excluding hydrogens is 251 g/mol. The topological polar surface area (TPSA) is 15.3 Å². The average molecular weight is 278 g/mol. The molecule has 2 nitrogen and oxygen atoms in total. The molecular formula is C17H27FN2. The van der Waals surface area contributed by atoms with E-state index < -0.39 is 0 Å². The van der Waals surface area contributed by atoms with Gasteiger partial charge in [-0.1, -0.05) is 6.92 Å². The van der Waals surface area contributed by atoms with E-state index in [9.17, 15) is 4.39 Å². The summed E-state index contributed by atoms with van der Waals surface area (Å²) in [5, 5.41) is 3.04. The van der Waals surface area contributed by atoms with Gasteiger partial charge in [0, 0.05) is 29.4 Å². The Hall–Kier alpha value is -1.09. The summed E-state index contributed by atoms with van der Waals surface area (Å²) in [5.74, 6) is 0.361. The number of fused-ring (bicyclic) bond motifs is 1. The standard InChI is InChI=1S/C17H27FN2/c1-11(2)20-16-8-15(18)13(10-19-6)7-14(16)12(3)9-17(20,4)5/h7-8,11-12,19H,9-10H2,1-6H3. The lowest BCUT2D eigenvalue weighted by Gasteiger charge is -2.50. The SMILES string of the molecule is CNCc1cc2c(cc1F)N(C(C)C)C(C)(C)CC2C. The van der Waals surface area contributed by atoms with Gasteiger partial charge in [0.15, 0.2) is 0 Å². The second-order valence-corrected chi connectivity index (χ2v) is 6.91. The van der Waals surface area contributed by atoms with Gasteiger partial charge in [-0.2, -0.15) is 0 Å². The molecule has 1 aliphatic heterocycles. The highest BCUT2D eigenvalue weighted by molar-refractivity contribution is 5.61. The van der Waals surface area contributed by atoms with Gasteiger partial charge in [-0.25, -0.2) is 4.39 Å². The Kier molecular flexibility index (Phi) is 4.10. The molecule has 0 radical (unpaired) electrons. The quantitative estimate of drug-likeness (QED) is 0.897. The molecule has 0 aliphatic carbocycles. The first-order chi connectivity index (χ1) is 9.27. The van der Waals surface area contributed by atoms with Gasteiger partial charge in [0.25, 0.3) is 0 Å². The lowest BCUT2D eigenvalue weighted by Crippen LogP contribution is -2.52. The molecule has 1 heterocycles. The highest BCUT2D eigenvalue weighted by Crippen LogP contribution is 2.45. The Morgan fingerprint density at radius 1 is 1.40 bits per heavy atom. The van der Waals surface area contributed by atoms with Crippen molar-refractivity contribution < 1.29 is 4.39 Å². The van der Waals surface area contributed by atoms with Crippen LogP contribution in [0, 0.1) is 5.82 Å². The molecule has 20 heavy (non-hydrogen) atoms. The molecule has 1 aromatic carbocycles. The van der Waals surface area contributed by atoms with Crippen molar-refractivity contribution in [1.82, 2.24) is 5.32 Å². The molecule has 0 amide bonds. The van der Waals surface area contributed by atoms with Crippen molar-refractivity contribution in [2.75, 3.05) is 11.9 Å². The second kappa shape index (κ2) is 5.36. The highest BCUT2D eigenvalue weighted by atomic mass is 19.1. The van der Waals surface area contributed by atoms with Crippen LogP contribution in [0.3, 0.4) is 0 Å². The Morgan fingerprint density at radius 3 is 2.60 bits per heavy atom. The minimum Gasteiger partial charge on any atom is -0.364 e. The maximum atomic E-state index is 14.3. The maximum absolute atomic E-state index is 14.3. The van der Waals surface area contributed by atoms with Crippen molar-refractivity contribution in [2.24, 2.45) is 0 Å².